The number of carbonyl (C=O) groups is 2. The number of carbonyl (C=O) groups excluding carboxylic acids is 2. The predicted molar refractivity (Wildman–Crippen MR) is 86.1 cm³/mol. The number of benzene rings is 1. The van der Waals surface area contributed by atoms with Crippen LogP contribution in [0.15, 0.2) is 28.8 Å². The van der Waals surface area contributed by atoms with Gasteiger partial charge in [0.2, 0.25) is 11.7 Å². The van der Waals surface area contributed by atoms with Crippen LogP contribution in [-0.4, -0.2) is 53.2 Å². The highest BCUT2D eigenvalue weighted by atomic mass is 16.5. The zero-order chi connectivity index (χ0) is 17.6. The number of hydrogen-bond acceptors (Lipinski definition) is 7. The SMILES string of the molecule is CC(=O)Nc1ccccc1OCc1noc(C(=O)N2CCOCC2)n1. The second-order valence-electron chi connectivity index (χ2n) is 5.39. The number of amides is 2. The van der Waals surface area contributed by atoms with E-state index in [0.717, 1.165) is 0 Å². The predicted octanol–water partition coefficient (Wildman–Crippen LogP) is 1.08. The summed E-state index contributed by atoms with van der Waals surface area (Å²) in [6.07, 6.45) is 0. The first-order chi connectivity index (χ1) is 12.1. The molecule has 0 aliphatic carbocycles. The summed E-state index contributed by atoms with van der Waals surface area (Å²) in [4.78, 5) is 29.1. The fraction of sp³-hybridized carbons (Fsp3) is 0.375. The Hall–Kier alpha value is -2.94. The first kappa shape index (κ1) is 16.9. The number of para-hydroxylation sites is 2. The van der Waals surface area contributed by atoms with Gasteiger partial charge in [-0.05, 0) is 12.1 Å². The number of nitrogens with one attached hydrogen (secondary N) is 1. The number of anilines is 1. The number of ether oxygens (including phenoxy) is 2. The molecular formula is C16H18N4O5. The van der Waals surface area contributed by atoms with Crippen molar-refractivity contribution in [3.63, 3.8) is 0 Å². The molecule has 132 valence electrons. The molecule has 25 heavy (non-hydrogen) atoms. The molecule has 3 rings (SSSR count). The maximum absolute atomic E-state index is 12.2. The Morgan fingerprint density at radius 1 is 1.28 bits per heavy atom. The smallest absolute Gasteiger partial charge is 0.316 e. The molecule has 1 aromatic carbocycles. The highest BCUT2D eigenvalue weighted by Crippen LogP contribution is 2.24. The van der Waals surface area contributed by atoms with Crippen LogP contribution >= 0.6 is 0 Å². The summed E-state index contributed by atoms with van der Waals surface area (Å²) in [5.41, 5.74) is 0.545. The van der Waals surface area contributed by atoms with Crippen molar-refractivity contribution in [1.29, 1.82) is 0 Å². The van der Waals surface area contributed by atoms with Crippen molar-refractivity contribution in [2.75, 3.05) is 31.6 Å². The van der Waals surface area contributed by atoms with Crippen molar-refractivity contribution in [3.8, 4) is 5.75 Å². The van der Waals surface area contributed by atoms with Crippen LogP contribution in [0.5, 0.6) is 5.75 Å². The van der Waals surface area contributed by atoms with Crippen molar-refractivity contribution in [2.24, 2.45) is 0 Å². The molecule has 9 nitrogen and oxygen atoms in total. The molecule has 0 bridgehead atoms. The van der Waals surface area contributed by atoms with Gasteiger partial charge in [-0.15, -0.1) is 0 Å². The lowest BCUT2D eigenvalue weighted by molar-refractivity contribution is -0.114. The van der Waals surface area contributed by atoms with Crippen LogP contribution in [0.4, 0.5) is 5.69 Å². The fourth-order valence-corrected chi connectivity index (χ4v) is 2.33. The van der Waals surface area contributed by atoms with E-state index in [9.17, 15) is 9.59 Å². The third kappa shape index (κ3) is 4.32. The normalized spacial score (nSPS) is 14.2. The minimum atomic E-state index is -0.319. The Morgan fingerprint density at radius 3 is 2.80 bits per heavy atom. The maximum Gasteiger partial charge on any atom is 0.316 e. The van der Waals surface area contributed by atoms with Gasteiger partial charge in [-0.25, -0.2) is 0 Å². The largest absolute Gasteiger partial charge is 0.483 e. The second kappa shape index (κ2) is 7.75. The average Bonchev–Trinajstić information content (AvgIpc) is 3.09. The number of hydrogen-bond donors (Lipinski definition) is 1. The summed E-state index contributed by atoms with van der Waals surface area (Å²) < 4.78 is 15.8. The molecule has 1 N–H and O–H groups in total. The van der Waals surface area contributed by atoms with E-state index in [2.05, 4.69) is 15.5 Å². The van der Waals surface area contributed by atoms with Crippen molar-refractivity contribution < 1.29 is 23.6 Å². The van der Waals surface area contributed by atoms with E-state index >= 15 is 0 Å². The summed E-state index contributed by atoms with van der Waals surface area (Å²) >= 11 is 0. The van der Waals surface area contributed by atoms with Crippen molar-refractivity contribution in [1.82, 2.24) is 15.0 Å². The molecule has 1 saturated heterocycles. The summed E-state index contributed by atoms with van der Waals surface area (Å²) in [5.74, 6) is 0.128. The van der Waals surface area contributed by atoms with Crippen LogP contribution in [0.3, 0.4) is 0 Å². The van der Waals surface area contributed by atoms with E-state index in [-0.39, 0.29) is 30.1 Å². The first-order valence-electron chi connectivity index (χ1n) is 7.82. The highest BCUT2D eigenvalue weighted by Gasteiger charge is 2.24. The molecule has 1 fully saturated rings. The summed E-state index contributed by atoms with van der Waals surface area (Å²) in [6.45, 7) is 3.41. The quantitative estimate of drug-likeness (QED) is 0.863. The molecule has 2 aromatic rings. The van der Waals surface area contributed by atoms with Gasteiger partial charge in [0, 0.05) is 20.0 Å². The van der Waals surface area contributed by atoms with Gasteiger partial charge < -0.3 is 24.2 Å². The van der Waals surface area contributed by atoms with Gasteiger partial charge in [0.15, 0.2) is 6.61 Å². The molecule has 2 heterocycles. The Morgan fingerprint density at radius 2 is 2.04 bits per heavy atom. The molecule has 0 radical (unpaired) electrons. The summed E-state index contributed by atoms with van der Waals surface area (Å²) in [5, 5.41) is 6.44. The minimum absolute atomic E-state index is 0.0104. The topological polar surface area (TPSA) is 107 Å². The van der Waals surface area contributed by atoms with Crippen molar-refractivity contribution in [2.45, 2.75) is 13.5 Å². The maximum atomic E-state index is 12.2. The Kier molecular flexibility index (Phi) is 5.24. The molecule has 2 amide bonds. The molecule has 0 atom stereocenters. The van der Waals surface area contributed by atoms with Crippen LogP contribution in [0, 0.1) is 0 Å². The number of morpholine rings is 1. The monoisotopic (exact) mass is 346 g/mol. The van der Waals surface area contributed by atoms with Crippen LogP contribution in [0.1, 0.15) is 23.4 Å². The molecule has 1 aromatic heterocycles. The Balaban J connectivity index is 1.62. The van der Waals surface area contributed by atoms with Gasteiger partial charge in [0.1, 0.15) is 5.75 Å². The number of aromatic nitrogens is 2. The van der Waals surface area contributed by atoms with E-state index in [0.29, 0.717) is 37.7 Å². The van der Waals surface area contributed by atoms with Crippen molar-refractivity contribution in [3.05, 3.63) is 36.0 Å². The standard InChI is InChI=1S/C16H18N4O5/c1-11(21)17-12-4-2-3-5-13(12)24-10-14-18-15(25-19-14)16(22)20-6-8-23-9-7-20/h2-5H,6-10H2,1H3,(H,17,21). The lowest BCUT2D eigenvalue weighted by Gasteiger charge is -2.25. The lowest BCUT2D eigenvalue weighted by Crippen LogP contribution is -2.40. The second-order valence-corrected chi connectivity index (χ2v) is 5.39. The first-order valence-corrected chi connectivity index (χ1v) is 7.82. The highest BCUT2D eigenvalue weighted by molar-refractivity contribution is 5.90. The number of nitrogens with zero attached hydrogens (tertiary/aromatic N) is 3. The molecule has 1 aliphatic rings. The number of rotatable bonds is 5. The van der Waals surface area contributed by atoms with Gasteiger partial charge in [-0.2, -0.15) is 4.98 Å². The molecule has 9 heteroatoms. The Bertz CT molecular complexity index is 754. The van der Waals surface area contributed by atoms with Crippen molar-refractivity contribution >= 4 is 17.5 Å². The van der Waals surface area contributed by atoms with Gasteiger partial charge in [0.25, 0.3) is 0 Å². The van der Waals surface area contributed by atoms with Gasteiger partial charge in [0.05, 0.1) is 18.9 Å². The van der Waals surface area contributed by atoms with E-state index in [1.807, 2.05) is 0 Å². The Labute approximate surface area is 143 Å². The molecule has 0 saturated carbocycles. The summed E-state index contributed by atoms with van der Waals surface area (Å²) in [7, 11) is 0. The van der Waals surface area contributed by atoms with Crippen LogP contribution in [0.2, 0.25) is 0 Å². The molecule has 0 spiro atoms. The third-order valence-corrected chi connectivity index (χ3v) is 3.50. The zero-order valence-corrected chi connectivity index (χ0v) is 13.7. The summed E-state index contributed by atoms with van der Waals surface area (Å²) in [6, 6.07) is 7.00. The minimum Gasteiger partial charge on any atom is -0.483 e. The van der Waals surface area contributed by atoms with Crippen LogP contribution in [-0.2, 0) is 16.1 Å². The van der Waals surface area contributed by atoms with E-state index in [4.69, 9.17) is 14.0 Å². The van der Waals surface area contributed by atoms with Crippen LogP contribution < -0.4 is 10.1 Å². The van der Waals surface area contributed by atoms with Gasteiger partial charge >= 0.3 is 11.8 Å². The lowest BCUT2D eigenvalue weighted by atomic mass is 10.3. The van der Waals surface area contributed by atoms with Gasteiger partial charge in [-0.1, -0.05) is 17.3 Å². The van der Waals surface area contributed by atoms with E-state index in [1.165, 1.54) is 6.92 Å². The van der Waals surface area contributed by atoms with E-state index < -0.39 is 0 Å². The zero-order valence-electron chi connectivity index (χ0n) is 13.7. The third-order valence-electron chi connectivity index (χ3n) is 3.50. The van der Waals surface area contributed by atoms with Crippen LogP contribution in [0.25, 0.3) is 0 Å². The molecule has 0 unspecified atom stereocenters. The fourth-order valence-electron chi connectivity index (χ4n) is 2.33. The van der Waals surface area contributed by atoms with E-state index in [1.54, 1.807) is 29.2 Å². The molecular weight excluding hydrogens is 328 g/mol. The van der Waals surface area contributed by atoms with Gasteiger partial charge in [-0.3, -0.25) is 9.59 Å². The molecule has 1 aliphatic heterocycles. The average molecular weight is 346 g/mol.